The fourth-order valence-electron chi connectivity index (χ4n) is 1.70. The lowest BCUT2D eigenvalue weighted by atomic mass is 10.1. The summed E-state index contributed by atoms with van der Waals surface area (Å²) in [6.45, 7) is 6.33. The van der Waals surface area contributed by atoms with E-state index in [4.69, 9.17) is 11.6 Å². The SMILES string of the molecule is Cc1ccc(-c2nc(Cl)c(I)c(CC(C)C)n2)nc1. The number of rotatable bonds is 3. The molecule has 0 spiro atoms. The molecule has 2 rings (SSSR count). The van der Waals surface area contributed by atoms with Gasteiger partial charge in [-0.1, -0.05) is 31.5 Å². The van der Waals surface area contributed by atoms with Gasteiger partial charge in [0.05, 0.1) is 9.26 Å². The van der Waals surface area contributed by atoms with Gasteiger partial charge >= 0.3 is 0 Å². The van der Waals surface area contributed by atoms with Gasteiger partial charge in [-0.05, 0) is 53.5 Å². The van der Waals surface area contributed by atoms with Crippen LogP contribution in [0.5, 0.6) is 0 Å². The first kappa shape index (κ1) is 14.7. The normalized spacial score (nSPS) is 11.1. The summed E-state index contributed by atoms with van der Waals surface area (Å²) in [6, 6.07) is 3.92. The molecule has 3 nitrogen and oxygen atoms in total. The molecule has 2 heterocycles. The minimum Gasteiger partial charge on any atom is -0.253 e. The fraction of sp³-hybridized carbons (Fsp3) is 0.357. The molecule has 0 radical (unpaired) electrons. The predicted molar refractivity (Wildman–Crippen MR) is 86.3 cm³/mol. The number of hydrogen-bond donors (Lipinski definition) is 0. The molecule has 0 atom stereocenters. The largest absolute Gasteiger partial charge is 0.253 e. The average Bonchev–Trinajstić information content (AvgIpc) is 2.35. The van der Waals surface area contributed by atoms with Crippen LogP contribution in [0.25, 0.3) is 11.5 Å². The quantitative estimate of drug-likeness (QED) is 0.582. The standard InChI is InChI=1S/C14H15ClIN3/c1-8(2)6-11-12(16)13(15)19-14(18-11)10-5-4-9(3)7-17-10/h4-5,7-8H,6H2,1-3H3. The minimum atomic E-state index is 0.503. The summed E-state index contributed by atoms with van der Waals surface area (Å²) in [5, 5.41) is 0.503. The summed E-state index contributed by atoms with van der Waals surface area (Å²) in [7, 11) is 0. The van der Waals surface area contributed by atoms with Crippen LogP contribution < -0.4 is 0 Å². The van der Waals surface area contributed by atoms with Crippen LogP contribution in [-0.2, 0) is 6.42 Å². The van der Waals surface area contributed by atoms with Crippen molar-refractivity contribution in [1.82, 2.24) is 15.0 Å². The Morgan fingerprint density at radius 2 is 2.00 bits per heavy atom. The van der Waals surface area contributed by atoms with E-state index in [9.17, 15) is 0 Å². The summed E-state index contributed by atoms with van der Waals surface area (Å²) in [5.74, 6) is 1.12. The first-order valence-corrected chi connectivity index (χ1v) is 7.58. The van der Waals surface area contributed by atoms with E-state index in [0.29, 0.717) is 16.9 Å². The smallest absolute Gasteiger partial charge is 0.179 e. The lowest BCUT2D eigenvalue weighted by molar-refractivity contribution is 0.632. The van der Waals surface area contributed by atoms with Crippen LogP contribution >= 0.6 is 34.2 Å². The Labute approximate surface area is 132 Å². The topological polar surface area (TPSA) is 38.7 Å². The zero-order valence-corrected chi connectivity index (χ0v) is 14.0. The number of hydrogen-bond acceptors (Lipinski definition) is 3. The highest BCUT2D eigenvalue weighted by Gasteiger charge is 2.13. The molecular formula is C14H15ClIN3. The van der Waals surface area contributed by atoms with E-state index in [1.165, 1.54) is 0 Å². The Hall–Kier alpha value is -0.750. The monoisotopic (exact) mass is 387 g/mol. The van der Waals surface area contributed by atoms with Gasteiger partial charge < -0.3 is 0 Å². The molecule has 0 bridgehead atoms. The summed E-state index contributed by atoms with van der Waals surface area (Å²) in [6.07, 6.45) is 2.70. The van der Waals surface area contributed by atoms with Gasteiger partial charge in [0.15, 0.2) is 5.82 Å². The van der Waals surface area contributed by atoms with Crippen molar-refractivity contribution in [1.29, 1.82) is 0 Å². The second-order valence-corrected chi connectivity index (χ2v) is 6.35. The van der Waals surface area contributed by atoms with Crippen molar-refractivity contribution in [3.8, 4) is 11.5 Å². The zero-order valence-electron chi connectivity index (χ0n) is 11.1. The Bertz CT molecular complexity index is 582. The Balaban J connectivity index is 2.46. The Morgan fingerprint density at radius 1 is 1.26 bits per heavy atom. The molecule has 0 aliphatic rings. The first-order valence-electron chi connectivity index (χ1n) is 6.12. The molecule has 0 N–H and O–H groups in total. The highest BCUT2D eigenvalue weighted by atomic mass is 127. The van der Waals surface area contributed by atoms with Gasteiger partial charge in [0.1, 0.15) is 10.8 Å². The van der Waals surface area contributed by atoms with Crippen LogP contribution in [0.1, 0.15) is 25.1 Å². The minimum absolute atomic E-state index is 0.503. The van der Waals surface area contributed by atoms with Crippen LogP contribution in [0.3, 0.4) is 0 Å². The third-order valence-electron chi connectivity index (χ3n) is 2.62. The third kappa shape index (κ3) is 3.63. The van der Waals surface area contributed by atoms with Gasteiger partial charge in [-0.3, -0.25) is 4.98 Å². The van der Waals surface area contributed by atoms with Gasteiger partial charge in [-0.2, -0.15) is 0 Å². The molecule has 0 unspecified atom stereocenters. The Kier molecular flexibility index (Phi) is 4.73. The molecule has 5 heteroatoms. The van der Waals surface area contributed by atoms with E-state index in [-0.39, 0.29) is 0 Å². The van der Waals surface area contributed by atoms with Gasteiger partial charge in [0.2, 0.25) is 0 Å². The second kappa shape index (κ2) is 6.13. The van der Waals surface area contributed by atoms with E-state index in [2.05, 4.69) is 51.4 Å². The van der Waals surface area contributed by atoms with E-state index in [0.717, 1.165) is 26.9 Å². The summed E-state index contributed by atoms with van der Waals surface area (Å²) >= 11 is 8.40. The van der Waals surface area contributed by atoms with Crippen molar-refractivity contribution >= 4 is 34.2 Å². The molecule has 0 aromatic carbocycles. The molecule has 2 aromatic rings. The number of pyridine rings is 1. The molecule has 2 aromatic heterocycles. The molecule has 0 aliphatic heterocycles. The van der Waals surface area contributed by atoms with E-state index >= 15 is 0 Å². The van der Waals surface area contributed by atoms with Crippen LogP contribution in [-0.4, -0.2) is 15.0 Å². The number of aromatic nitrogens is 3. The van der Waals surface area contributed by atoms with E-state index in [1.54, 1.807) is 0 Å². The maximum Gasteiger partial charge on any atom is 0.179 e. The van der Waals surface area contributed by atoms with Crippen molar-refractivity contribution in [3.63, 3.8) is 0 Å². The summed E-state index contributed by atoms with van der Waals surface area (Å²) in [4.78, 5) is 13.3. The molecule has 0 fully saturated rings. The maximum absolute atomic E-state index is 6.20. The van der Waals surface area contributed by atoms with Crippen LogP contribution in [0, 0.1) is 16.4 Å². The van der Waals surface area contributed by atoms with Crippen molar-refractivity contribution < 1.29 is 0 Å². The van der Waals surface area contributed by atoms with Gasteiger partial charge in [-0.25, -0.2) is 9.97 Å². The number of aryl methyl sites for hydroxylation is 1. The van der Waals surface area contributed by atoms with Crippen molar-refractivity contribution in [2.45, 2.75) is 27.2 Å². The molecular weight excluding hydrogens is 373 g/mol. The lowest BCUT2D eigenvalue weighted by Gasteiger charge is -2.10. The highest BCUT2D eigenvalue weighted by molar-refractivity contribution is 14.1. The predicted octanol–water partition coefficient (Wildman–Crippen LogP) is 4.30. The zero-order chi connectivity index (χ0) is 14.0. The first-order chi connectivity index (χ1) is 8.97. The Morgan fingerprint density at radius 3 is 2.58 bits per heavy atom. The van der Waals surface area contributed by atoms with Gasteiger partial charge in [0, 0.05) is 6.20 Å². The van der Waals surface area contributed by atoms with Crippen LogP contribution in [0.15, 0.2) is 18.3 Å². The highest BCUT2D eigenvalue weighted by Crippen LogP contribution is 2.24. The fourth-order valence-corrected chi connectivity index (χ4v) is 2.35. The van der Waals surface area contributed by atoms with Crippen molar-refractivity contribution in [3.05, 3.63) is 38.3 Å². The molecule has 100 valence electrons. The van der Waals surface area contributed by atoms with Crippen molar-refractivity contribution in [2.24, 2.45) is 5.92 Å². The molecule has 0 saturated carbocycles. The van der Waals surface area contributed by atoms with Crippen LogP contribution in [0.4, 0.5) is 0 Å². The average molecular weight is 388 g/mol. The third-order valence-corrected chi connectivity index (χ3v) is 4.35. The number of nitrogens with zero attached hydrogens (tertiary/aromatic N) is 3. The molecule has 0 saturated heterocycles. The van der Waals surface area contributed by atoms with Crippen LogP contribution in [0.2, 0.25) is 5.15 Å². The maximum atomic E-state index is 6.20. The molecule has 19 heavy (non-hydrogen) atoms. The summed E-state index contributed by atoms with van der Waals surface area (Å²) < 4.78 is 0.934. The lowest BCUT2D eigenvalue weighted by Crippen LogP contribution is -2.05. The number of halogens is 2. The second-order valence-electron chi connectivity index (χ2n) is 4.92. The summed E-state index contributed by atoms with van der Waals surface area (Å²) in [5.41, 5.74) is 2.87. The van der Waals surface area contributed by atoms with Gasteiger partial charge in [-0.15, -0.1) is 0 Å². The molecule has 0 aliphatic carbocycles. The van der Waals surface area contributed by atoms with Crippen molar-refractivity contribution in [2.75, 3.05) is 0 Å². The molecule has 0 amide bonds. The van der Waals surface area contributed by atoms with E-state index in [1.807, 2.05) is 25.3 Å². The van der Waals surface area contributed by atoms with E-state index < -0.39 is 0 Å². The van der Waals surface area contributed by atoms with Gasteiger partial charge in [0.25, 0.3) is 0 Å².